The van der Waals surface area contributed by atoms with Crippen molar-refractivity contribution in [2.45, 2.75) is 31.7 Å². The highest BCUT2D eigenvalue weighted by atomic mass is 19.3. The molecule has 2 aromatic carbocycles. The first-order valence-corrected chi connectivity index (χ1v) is 9.71. The first kappa shape index (κ1) is 21.3. The first-order chi connectivity index (χ1) is 15.1. The van der Waals surface area contributed by atoms with E-state index in [-0.39, 0.29) is 40.8 Å². The van der Waals surface area contributed by atoms with Gasteiger partial charge in [-0.3, -0.25) is 34.2 Å². The highest BCUT2D eigenvalue weighted by Crippen LogP contribution is 2.30. The van der Waals surface area contributed by atoms with Gasteiger partial charge in [0.05, 0.1) is 11.1 Å². The molecular weight excluding hydrogens is 424 g/mol. The van der Waals surface area contributed by atoms with Crippen LogP contribution >= 0.6 is 0 Å². The minimum atomic E-state index is -3.03. The number of anilines is 1. The van der Waals surface area contributed by atoms with Gasteiger partial charge in [-0.05, 0) is 36.8 Å². The van der Waals surface area contributed by atoms with E-state index < -0.39 is 41.5 Å². The van der Waals surface area contributed by atoms with Gasteiger partial charge in [-0.25, -0.2) is 8.78 Å². The van der Waals surface area contributed by atoms with Crippen LogP contribution in [0.3, 0.4) is 0 Å². The normalized spacial score (nSPS) is 18.5. The van der Waals surface area contributed by atoms with E-state index in [0.29, 0.717) is 0 Å². The average Bonchev–Trinajstić information content (AvgIpc) is 2.98. The number of hydrogen-bond donors (Lipinski definition) is 2. The minimum Gasteiger partial charge on any atom is -0.322 e. The molecule has 0 aliphatic carbocycles. The Morgan fingerprint density at radius 1 is 1.03 bits per heavy atom. The predicted molar refractivity (Wildman–Crippen MR) is 107 cm³/mol. The number of hydrogen-bond acceptors (Lipinski definition) is 5. The first-order valence-electron chi connectivity index (χ1n) is 9.71. The van der Waals surface area contributed by atoms with Gasteiger partial charge in [0.25, 0.3) is 23.6 Å². The van der Waals surface area contributed by atoms with Gasteiger partial charge < -0.3 is 5.32 Å². The van der Waals surface area contributed by atoms with Crippen LogP contribution in [0.25, 0.3) is 0 Å². The molecule has 2 heterocycles. The van der Waals surface area contributed by atoms with Crippen molar-refractivity contribution in [3.63, 3.8) is 0 Å². The smallest absolute Gasteiger partial charge is 0.270 e. The van der Waals surface area contributed by atoms with Crippen LogP contribution < -0.4 is 10.6 Å². The number of imide groups is 2. The molecule has 8 nitrogen and oxygen atoms in total. The Morgan fingerprint density at radius 3 is 2.31 bits per heavy atom. The number of halogens is 2. The largest absolute Gasteiger partial charge is 0.322 e. The summed E-state index contributed by atoms with van der Waals surface area (Å²) in [6, 6.07) is 7.82. The summed E-state index contributed by atoms with van der Waals surface area (Å²) in [6.07, 6.45) is 0.0421. The van der Waals surface area contributed by atoms with Crippen molar-refractivity contribution < 1.29 is 32.8 Å². The summed E-state index contributed by atoms with van der Waals surface area (Å²) in [7, 11) is 0. The van der Waals surface area contributed by atoms with Crippen molar-refractivity contribution in [1.82, 2.24) is 10.2 Å². The molecule has 1 fully saturated rings. The van der Waals surface area contributed by atoms with Crippen molar-refractivity contribution in [3.05, 3.63) is 64.7 Å². The molecule has 2 N–H and O–H groups in total. The van der Waals surface area contributed by atoms with E-state index in [4.69, 9.17) is 0 Å². The Kier molecular flexibility index (Phi) is 5.08. The molecule has 32 heavy (non-hydrogen) atoms. The van der Waals surface area contributed by atoms with E-state index in [9.17, 15) is 32.8 Å². The summed E-state index contributed by atoms with van der Waals surface area (Å²) < 4.78 is 26.7. The van der Waals surface area contributed by atoms with Crippen molar-refractivity contribution in [1.29, 1.82) is 0 Å². The number of rotatable bonds is 4. The van der Waals surface area contributed by atoms with E-state index in [2.05, 4.69) is 10.6 Å². The summed E-state index contributed by atoms with van der Waals surface area (Å²) in [6.45, 7) is 0.753. The Bertz CT molecular complexity index is 1170. The maximum absolute atomic E-state index is 13.3. The number of nitrogens with zero attached hydrogens (tertiary/aromatic N) is 1. The van der Waals surface area contributed by atoms with Gasteiger partial charge in [0.15, 0.2) is 0 Å². The number of nitrogens with one attached hydrogen (secondary N) is 2. The highest BCUT2D eigenvalue weighted by Gasteiger charge is 2.44. The summed E-state index contributed by atoms with van der Waals surface area (Å²) in [5.41, 5.74) is 0.200. The van der Waals surface area contributed by atoms with Gasteiger partial charge in [-0.15, -0.1) is 0 Å². The summed E-state index contributed by atoms with van der Waals surface area (Å²) >= 11 is 0. The molecule has 164 valence electrons. The van der Waals surface area contributed by atoms with Crippen LogP contribution in [0.5, 0.6) is 0 Å². The third-order valence-electron chi connectivity index (χ3n) is 5.35. The Morgan fingerprint density at radius 2 is 1.69 bits per heavy atom. The SMILES string of the molecule is CC(F)(F)c1ccc(C(=O)Nc2ccc3c(c2)C(=O)N(C2CCC(=O)NC2=O)C3=O)cc1. The number of piperidine rings is 1. The van der Waals surface area contributed by atoms with Gasteiger partial charge in [-0.2, -0.15) is 0 Å². The third-order valence-corrected chi connectivity index (χ3v) is 5.35. The van der Waals surface area contributed by atoms with Crippen LogP contribution in [0.4, 0.5) is 14.5 Å². The van der Waals surface area contributed by atoms with E-state index in [1.165, 1.54) is 30.3 Å². The lowest BCUT2D eigenvalue weighted by Crippen LogP contribution is -2.54. The van der Waals surface area contributed by atoms with Gasteiger partial charge >= 0.3 is 0 Å². The van der Waals surface area contributed by atoms with Crippen molar-refractivity contribution in [2.75, 3.05) is 5.32 Å². The standard InChI is InChI=1S/C22H17F2N3O5/c1-22(23,24)12-4-2-11(3-5-12)18(29)25-13-6-7-14-15(10-13)21(32)27(20(14)31)16-8-9-17(28)26-19(16)30/h2-7,10,16H,8-9H2,1H3,(H,25,29)(H,26,28,30). The molecular formula is C22H17F2N3O5. The molecule has 2 aliphatic heterocycles. The van der Waals surface area contributed by atoms with Gasteiger partial charge in [-0.1, -0.05) is 12.1 Å². The topological polar surface area (TPSA) is 113 Å². The van der Waals surface area contributed by atoms with Crippen LogP contribution in [-0.2, 0) is 15.5 Å². The molecule has 0 aromatic heterocycles. The molecule has 10 heteroatoms. The van der Waals surface area contributed by atoms with E-state index in [0.717, 1.165) is 24.0 Å². The Hall–Kier alpha value is -3.95. The highest BCUT2D eigenvalue weighted by molar-refractivity contribution is 6.24. The van der Waals surface area contributed by atoms with E-state index in [1.54, 1.807) is 0 Å². The summed E-state index contributed by atoms with van der Waals surface area (Å²) in [5, 5.41) is 4.67. The maximum atomic E-state index is 13.3. The summed E-state index contributed by atoms with van der Waals surface area (Å²) in [5.74, 6) is -6.17. The molecule has 1 atom stereocenters. The zero-order valence-corrected chi connectivity index (χ0v) is 16.8. The summed E-state index contributed by atoms with van der Waals surface area (Å²) in [4.78, 5) is 62.3. The Balaban J connectivity index is 1.53. The van der Waals surface area contributed by atoms with Crippen LogP contribution in [0.2, 0.25) is 0 Å². The molecule has 5 amide bonds. The second kappa shape index (κ2) is 7.63. The fraction of sp³-hybridized carbons (Fsp3) is 0.227. The molecule has 2 aliphatic rings. The zero-order valence-electron chi connectivity index (χ0n) is 16.8. The van der Waals surface area contributed by atoms with Crippen LogP contribution in [0.15, 0.2) is 42.5 Å². The minimum absolute atomic E-state index is 0.00781. The van der Waals surface area contributed by atoms with Gasteiger partial charge in [0.1, 0.15) is 6.04 Å². The third kappa shape index (κ3) is 3.75. The number of fused-ring (bicyclic) bond motifs is 1. The lowest BCUT2D eigenvalue weighted by molar-refractivity contribution is -0.136. The maximum Gasteiger partial charge on any atom is 0.270 e. The molecule has 0 spiro atoms. The second-order valence-corrected chi connectivity index (χ2v) is 7.63. The quantitative estimate of drug-likeness (QED) is 0.708. The fourth-order valence-electron chi connectivity index (χ4n) is 3.67. The van der Waals surface area contributed by atoms with Crippen molar-refractivity contribution >= 4 is 35.2 Å². The predicted octanol–water partition coefficient (Wildman–Crippen LogP) is 2.45. The fourth-order valence-corrected chi connectivity index (χ4v) is 3.67. The number of carbonyl (C=O) groups excluding carboxylic acids is 5. The van der Waals surface area contributed by atoms with Gasteiger partial charge in [0.2, 0.25) is 11.8 Å². The molecule has 0 saturated carbocycles. The zero-order chi connectivity index (χ0) is 23.2. The molecule has 0 radical (unpaired) electrons. The number of benzene rings is 2. The molecule has 2 aromatic rings. The number of alkyl halides is 2. The average molecular weight is 441 g/mol. The van der Waals surface area contributed by atoms with E-state index >= 15 is 0 Å². The van der Waals surface area contributed by atoms with Crippen LogP contribution in [0, 0.1) is 0 Å². The number of amides is 5. The molecule has 4 rings (SSSR count). The van der Waals surface area contributed by atoms with Crippen LogP contribution in [0.1, 0.15) is 56.4 Å². The van der Waals surface area contributed by atoms with Crippen LogP contribution in [-0.4, -0.2) is 40.5 Å². The van der Waals surface area contributed by atoms with Crippen molar-refractivity contribution in [2.24, 2.45) is 0 Å². The second-order valence-electron chi connectivity index (χ2n) is 7.63. The molecule has 0 bridgehead atoms. The van der Waals surface area contributed by atoms with Gasteiger partial charge in [0, 0.05) is 30.2 Å². The monoisotopic (exact) mass is 441 g/mol. The van der Waals surface area contributed by atoms with E-state index in [1.807, 2.05) is 0 Å². The number of carbonyl (C=O) groups is 5. The molecule has 1 saturated heterocycles. The Labute approximate surface area is 180 Å². The lowest BCUT2D eigenvalue weighted by atomic mass is 10.0. The molecule has 1 unspecified atom stereocenters. The van der Waals surface area contributed by atoms with Crippen molar-refractivity contribution in [3.8, 4) is 0 Å². The lowest BCUT2D eigenvalue weighted by Gasteiger charge is -2.27.